The highest BCUT2D eigenvalue weighted by Gasteiger charge is 2.37. The maximum Gasteiger partial charge on any atom is 0.384 e. The molecule has 0 spiro atoms. The molecule has 0 radical (unpaired) electrons. The van der Waals surface area contributed by atoms with E-state index in [0.29, 0.717) is 6.61 Å². The van der Waals surface area contributed by atoms with Gasteiger partial charge in [-0.2, -0.15) is 8.78 Å². The van der Waals surface area contributed by atoms with Gasteiger partial charge in [-0.15, -0.1) is 0 Å². The standard InChI is InChI=1S/C8H11ClF2O2/c1-3-6(5-13-4-2)7(12)8(9,10)11/h5H,3-4H2,1-2H3/b6-5+. The van der Waals surface area contributed by atoms with Crippen LogP contribution in [0.5, 0.6) is 0 Å². The number of ketones is 1. The monoisotopic (exact) mass is 212 g/mol. The number of hydrogen-bond donors (Lipinski definition) is 0. The number of carbonyl (C=O) groups is 1. The van der Waals surface area contributed by atoms with E-state index in [2.05, 4.69) is 11.6 Å². The zero-order valence-corrected chi connectivity index (χ0v) is 8.20. The maximum atomic E-state index is 12.3. The first-order valence-electron chi connectivity index (χ1n) is 3.85. The fourth-order valence-electron chi connectivity index (χ4n) is 0.663. The van der Waals surface area contributed by atoms with Crippen molar-refractivity contribution in [2.24, 2.45) is 0 Å². The van der Waals surface area contributed by atoms with Gasteiger partial charge in [0.15, 0.2) is 0 Å². The molecular weight excluding hydrogens is 202 g/mol. The largest absolute Gasteiger partial charge is 0.501 e. The number of Topliss-reactive ketones (excluding diaryl/α,β-unsaturated/α-hetero) is 1. The van der Waals surface area contributed by atoms with E-state index in [1.54, 1.807) is 13.8 Å². The minimum atomic E-state index is -3.83. The first-order chi connectivity index (χ1) is 5.93. The summed E-state index contributed by atoms with van der Waals surface area (Å²) in [7, 11) is 0. The number of alkyl halides is 3. The molecule has 0 atom stereocenters. The van der Waals surface area contributed by atoms with Gasteiger partial charge in [0.2, 0.25) is 5.78 Å². The van der Waals surface area contributed by atoms with Crippen LogP contribution in [0.25, 0.3) is 0 Å². The van der Waals surface area contributed by atoms with Gasteiger partial charge in [0.05, 0.1) is 12.9 Å². The molecule has 0 unspecified atom stereocenters. The van der Waals surface area contributed by atoms with Gasteiger partial charge in [-0.25, -0.2) is 0 Å². The second kappa shape index (κ2) is 5.17. The highest BCUT2D eigenvalue weighted by atomic mass is 35.5. The van der Waals surface area contributed by atoms with Gasteiger partial charge in [-0.1, -0.05) is 6.92 Å². The van der Waals surface area contributed by atoms with E-state index < -0.39 is 11.2 Å². The molecule has 13 heavy (non-hydrogen) atoms. The van der Waals surface area contributed by atoms with Crippen molar-refractivity contribution in [2.75, 3.05) is 6.61 Å². The average molecular weight is 213 g/mol. The van der Waals surface area contributed by atoms with Crippen LogP contribution in [-0.4, -0.2) is 17.8 Å². The third-order valence-electron chi connectivity index (χ3n) is 1.32. The summed E-state index contributed by atoms with van der Waals surface area (Å²) in [6.45, 7) is 3.59. The fourth-order valence-corrected chi connectivity index (χ4v) is 0.785. The van der Waals surface area contributed by atoms with Gasteiger partial charge in [-0.3, -0.25) is 4.79 Å². The summed E-state index contributed by atoms with van der Waals surface area (Å²) in [4.78, 5) is 10.9. The fraction of sp³-hybridized carbons (Fsp3) is 0.625. The molecule has 76 valence electrons. The Labute approximate surface area is 80.5 Å². The first-order valence-corrected chi connectivity index (χ1v) is 4.23. The van der Waals surface area contributed by atoms with Crippen LogP contribution < -0.4 is 0 Å². The number of allylic oxidation sites excluding steroid dienone is 1. The zero-order chi connectivity index (χ0) is 10.5. The Bertz CT molecular complexity index is 209. The van der Waals surface area contributed by atoms with E-state index in [-0.39, 0.29) is 12.0 Å². The van der Waals surface area contributed by atoms with Crippen LogP contribution >= 0.6 is 11.6 Å². The number of hydrogen-bond acceptors (Lipinski definition) is 2. The molecule has 0 aromatic heterocycles. The lowest BCUT2D eigenvalue weighted by molar-refractivity contribution is -0.129. The summed E-state index contributed by atoms with van der Waals surface area (Å²) in [5.41, 5.74) is -0.109. The van der Waals surface area contributed by atoms with Crippen molar-refractivity contribution in [2.45, 2.75) is 25.7 Å². The molecule has 0 aliphatic rings. The van der Waals surface area contributed by atoms with Crippen molar-refractivity contribution in [1.82, 2.24) is 0 Å². The lowest BCUT2D eigenvalue weighted by Crippen LogP contribution is -2.23. The Hall–Kier alpha value is -0.640. The van der Waals surface area contributed by atoms with Crippen LogP contribution in [0.1, 0.15) is 20.3 Å². The number of ether oxygens (including phenoxy) is 1. The smallest absolute Gasteiger partial charge is 0.384 e. The average Bonchev–Trinajstić information content (AvgIpc) is 2.04. The molecule has 0 saturated heterocycles. The van der Waals surface area contributed by atoms with Gasteiger partial charge in [0.25, 0.3) is 0 Å². The molecule has 0 aliphatic carbocycles. The van der Waals surface area contributed by atoms with E-state index in [4.69, 9.17) is 4.74 Å². The first kappa shape index (κ1) is 12.4. The number of carbonyl (C=O) groups excluding carboxylic acids is 1. The Morgan fingerprint density at radius 2 is 2.08 bits per heavy atom. The molecule has 0 saturated carbocycles. The minimum absolute atomic E-state index is 0.109. The Balaban J connectivity index is 4.50. The van der Waals surface area contributed by atoms with Gasteiger partial charge >= 0.3 is 5.38 Å². The van der Waals surface area contributed by atoms with E-state index in [0.717, 1.165) is 6.26 Å². The van der Waals surface area contributed by atoms with Crippen LogP contribution in [0.4, 0.5) is 8.78 Å². The predicted molar refractivity (Wildman–Crippen MR) is 45.8 cm³/mol. The Kier molecular flexibility index (Phi) is 4.91. The topological polar surface area (TPSA) is 26.3 Å². The Morgan fingerprint density at radius 1 is 1.54 bits per heavy atom. The third-order valence-corrected chi connectivity index (χ3v) is 1.49. The third kappa shape index (κ3) is 4.22. The SMILES string of the molecule is CCO/C=C(\CC)C(=O)C(F)(F)Cl. The molecule has 2 nitrogen and oxygen atoms in total. The van der Waals surface area contributed by atoms with Crippen LogP contribution in [0.15, 0.2) is 11.8 Å². The molecular formula is C8H11ClF2O2. The summed E-state index contributed by atoms with van der Waals surface area (Å²) in [5.74, 6) is -1.40. The molecule has 5 heteroatoms. The predicted octanol–water partition coefficient (Wildman–Crippen LogP) is 2.72. The maximum absolute atomic E-state index is 12.3. The summed E-state index contributed by atoms with van der Waals surface area (Å²) in [6.07, 6.45) is 1.19. The van der Waals surface area contributed by atoms with Crippen LogP contribution in [0, 0.1) is 0 Å². The molecule has 0 amide bonds. The summed E-state index contributed by atoms with van der Waals surface area (Å²) in [6, 6.07) is 0. The number of rotatable bonds is 5. The van der Waals surface area contributed by atoms with Crippen LogP contribution in [0.2, 0.25) is 0 Å². The lowest BCUT2D eigenvalue weighted by atomic mass is 10.1. The molecule has 0 aliphatic heterocycles. The van der Waals surface area contributed by atoms with Crippen molar-refractivity contribution >= 4 is 17.4 Å². The number of halogens is 3. The van der Waals surface area contributed by atoms with Crippen molar-refractivity contribution in [3.8, 4) is 0 Å². The van der Waals surface area contributed by atoms with Crippen molar-refractivity contribution in [3.63, 3.8) is 0 Å². The molecule has 0 heterocycles. The van der Waals surface area contributed by atoms with Crippen LogP contribution in [-0.2, 0) is 9.53 Å². The summed E-state index contributed by atoms with van der Waals surface area (Å²) < 4.78 is 29.3. The highest BCUT2D eigenvalue weighted by Crippen LogP contribution is 2.24. The zero-order valence-electron chi connectivity index (χ0n) is 7.44. The van der Waals surface area contributed by atoms with Gasteiger partial charge in [-0.05, 0) is 24.9 Å². The highest BCUT2D eigenvalue weighted by molar-refractivity contribution is 6.35. The van der Waals surface area contributed by atoms with Gasteiger partial charge < -0.3 is 4.74 Å². The second-order valence-corrected chi connectivity index (χ2v) is 2.75. The van der Waals surface area contributed by atoms with E-state index >= 15 is 0 Å². The molecule has 0 rings (SSSR count). The normalized spacial score (nSPS) is 12.8. The van der Waals surface area contributed by atoms with Crippen LogP contribution in [0.3, 0.4) is 0 Å². The summed E-state index contributed by atoms with van der Waals surface area (Å²) in [5, 5.41) is -3.83. The second-order valence-electron chi connectivity index (χ2n) is 2.28. The van der Waals surface area contributed by atoms with Gasteiger partial charge in [0, 0.05) is 5.57 Å². The van der Waals surface area contributed by atoms with Crippen molar-refractivity contribution in [1.29, 1.82) is 0 Å². The molecule has 0 bridgehead atoms. The summed E-state index contributed by atoms with van der Waals surface area (Å²) >= 11 is 4.56. The lowest BCUT2D eigenvalue weighted by Gasteiger charge is -2.08. The van der Waals surface area contributed by atoms with E-state index in [1.165, 1.54) is 0 Å². The Morgan fingerprint density at radius 3 is 2.38 bits per heavy atom. The minimum Gasteiger partial charge on any atom is -0.501 e. The van der Waals surface area contributed by atoms with E-state index in [1.807, 2.05) is 0 Å². The molecule has 0 N–H and O–H groups in total. The molecule has 0 fully saturated rings. The van der Waals surface area contributed by atoms with E-state index in [9.17, 15) is 13.6 Å². The van der Waals surface area contributed by atoms with Crippen molar-refractivity contribution in [3.05, 3.63) is 11.8 Å². The molecule has 0 aromatic carbocycles. The van der Waals surface area contributed by atoms with Crippen molar-refractivity contribution < 1.29 is 18.3 Å². The molecule has 0 aromatic rings. The van der Waals surface area contributed by atoms with Gasteiger partial charge in [0.1, 0.15) is 0 Å². The quantitative estimate of drug-likeness (QED) is 0.398.